The van der Waals surface area contributed by atoms with E-state index in [0.29, 0.717) is 23.6 Å². The molecule has 1 saturated heterocycles. The number of carbonyl (C=O) groups is 2. The highest BCUT2D eigenvalue weighted by molar-refractivity contribution is 6.31. The maximum Gasteiger partial charge on any atom is 0.251 e. The summed E-state index contributed by atoms with van der Waals surface area (Å²) in [4.78, 5) is 32.7. The number of aromatic nitrogens is 1. The smallest absolute Gasteiger partial charge is 0.251 e. The third-order valence-electron chi connectivity index (χ3n) is 6.44. The maximum absolute atomic E-state index is 12.8. The van der Waals surface area contributed by atoms with Crippen LogP contribution in [-0.2, 0) is 11.2 Å². The van der Waals surface area contributed by atoms with Gasteiger partial charge in [0, 0.05) is 47.8 Å². The molecule has 0 spiro atoms. The van der Waals surface area contributed by atoms with Crippen molar-refractivity contribution in [2.45, 2.75) is 31.7 Å². The van der Waals surface area contributed by atoms with Crippen LogP contribution in [0.1, 0.15) is 35.2 Å². The molecule has 0 bridgehead atoms. The minimum Gasteiger partial charge on any atom is -0.361 e. The zero-order chi connectivity index (χ0) is 21.5. The van der Waals surface area contributed by atoms with E-state index in [4.69, 9.17) is 11.6 Å². The van der Waals surface area contributed by atoms with E-state index < -0.39 is 0 Å². The number of rotatable bonds is 4. The second-order valence-electron chi connectivity index (χ2n) is 8.32. The molecule has 2 amide bonds. The number of benzene rings is 2. The number of nitrogens with zero attached hydrogens (tertiary/aromatic N) is 2. The number of amides is 2. The molecule has 3 aromatic rings. The third-order valence-corrected chi connectivity index (χ3v) is 6.67. The number of carbonyl (C=O) groups excluding carboxylic acids is 2. The van der Waals surface area contributed by atoms with Gasteiger partial charge in [0.05, 0.1) is 11.4 Å². The number of hydrogen-bond donors (Lipinski definition) is 2. The summed E-state index contributed by atoms with van der Waals surface area (Å²) < 4.78 is 0. The lowest BCUT2D eigenvalue weighted by atomic mass is 9.96. The van der Waals surface area contributed by atoms with Gasteiger partial charge in [0.15, 0.2) is 0 Å². The topological polar surface area (TPSA) is 68.4 Å². The Kier molecular flexibility index (Phi) is 5.10. The number of H-pyrrole nitrogens is 1. The molecule has 1 atom stereocenters. The van der Waals surface area contributed by atoms with E-state index >= 15 is 0 Å². The van der Waals surface area contributed by atoms with Gasteiger partial charge < -0.3 is 20.1 Å². The second kappa shape index (κ2) is 7.93. The van der Waals surface area contributed by atoms with Crippen molar-refractivity contribution in [2.75, 3.05) is 29.9 Å². The Balaban J connectivity index is 1.30. The zero-order valence-electron chi connectivity index (χ0n) is 17.5. The molecule has 160 valence electrons. The molecule has 2 N–H and O–H groups in total. The highest BCUT2D eigenvalue weighted by Crippen LogP contribution is 2.39. The van der Waals surface area contributed by atoms with E-state index in [0.717, 1.165) is 53.6 Å². The van der Waals surface area contributed by atoms with Gasteiger partial charge in [-0.25, -0.2) is 0 Å². The van der Waals surface area contributed by atoms with Crippen molar-refractivity contribution < 1.29 is 9.59 Å². The number of piperidine rings is 1. The molecule has 1 fully saturated rings. The van der Waals surface area contributed by atoms with Crippen LogP contribution in [0.15, 0.2) is 42.6 Å². The summed E-state index contributed by atoms with van der Waals surface area (Å²) in [5.41, 5.74) is 4.56. The van der Waals surface area contributed by atoms with Crippen molar-refractivity contribution in [2.24, 2.45) is 0 Å². The first-order valence-electron chi connectivity index (χ1n) is 10.7. The monoisotopic (exact) mass is 436 g/mol. The van der Waals surface area contributed by atoms with Crippen LogP contribution in [-0.4, -0.2) is 43.0 Å². The summed E-state index contributed by atoms with van der Waals surface area (Å²) in [6.07, 6.45) is 5.73. The van der Waals surface area contributed by atoms with E-state index in [1.807, 2.05) is 42.6 Å². The number of anilines is 2. The molecular weight excluding hydrogens is 412 g/mol. The van der Waals surface area contributed by atoms with Crippen LogP contribution < -0.4 is 15.1 Å². The molecule has 5 rings (SSSR count). The van der Waals surface area contributed by atoms with Crippen LogP contribution >= 0.6 is 11.6 Å². The molecule has 2 aliphatic rings. The summed E-state index contributed by atoms with van der Waals surface area (Å²) in [5.74, 6) is -0.0231. The molecule has 3 heterocycles. The van der Waals surface area contributed by atoms with E-state index in [2.05, 4.69) is 15.2 Å². The molecule has 0 radical (unpaired) electrons. The standard InChI is InChI=1S/C24H25ClN4O2/c1-28-22-12-15(5-8-20(22)29-11-3-2-4-21(29)24(28)31)23(30)26-10-9-16-14-27-19-7-6-17(25)13-18(16)19/h5-8,12-14,21,27H,2-4,9-11H2,1H3,(H,26,30). The van der Waals surface area contributed by atoms with Crippen LogP contribution in [0.5, 0.6) is 0 Å². The van der Waals surface area contributed by atoms with Crippen molar-refractivity contribution in [3.8, 4) is 0 Å². The van der Waals surface area contributed by atoms with Gasteiger partial charge in [-0.15, -0.1) is 0 Å². The molecule has 2 aliphatic heterocycles. The fourth-order valence-electron chi connectivity index (χ4n) is 4.77. The largest absolute Gasteiger partial charge is 0.361 e. The Morgan fingerprint density at radius 3 is 2.94 bits per heavy atom. The quantitative estimate of drug-likeness (QED) is 0.646. The normalized spacial score (nSPS) is 18.1. The number of halogens is 1. The molecule has 1 unspecified atom stereocenters. The number of nitrogens with one attached hydrogen (secondary N) is 2. The van der Waals surface area contributed by atoms with Crippen LogP contribution in [0.25, 0.3) is 10.9 Å². The van der Waals surface area contributed by atoms with E-state index in [1.165, 1.54) is 0 Å². The van der Waals surface area contributed by atoms with Gasteiger partial charge >= 0.3 is 0 Å². The minimum absolute atomic E-state index is 0.0735. The van der Waals surface area contributed by atoms with Crippen molar-refractivity contribution in [1.29, 1.82) is 0 Å². The van der Waals surface area contributed by atoms with Gasteiger partial charge in [-0.05, 0) is 67.6 Å². The first-order valence-corrected chi connectivity index (χ1v) is 11.1. The van der Waals surface area contributed by atoms with Crippen molar-refractivity contribution in [1.82, 2.24) is 10.3 Å². The van der Waals surface area contributed by atoms with Gasteiger partial charge in [0.1, 0.15) is 6.04 Å². The third kappa shape index (κ3) is 3.55. The van der Waals surface area contributed by atoms with E-state index in [9.17, 15) is 9.59 Å². The molecular formula is C24H25ClN4O2. The number of fused-ring (bicyclic) bond motifs is 4. The lowest BCUT2D eigenvalue weighted by molar-refractivity contribution is -0.120. The highest BCUT2D eigenvalue weighted by Gasteiger charge is 2.37. The number of aromatic amines is 1. The molecule has 0 aliphatic carbocycles. The van der Waals surface area contributed by atoms with Gasteiger partial charge in [0.2, 0.25) is 5.91 Å². The summed E-state index contributed by atoms with van der Waals surface area (Å²) in [6.45, 7) is 1.40. The first kappa shape index (κ1) is 19.9. The fourth-order valence-corrected chi connectivity index (χ4v) is 4.94. The predicted molar refractivity (Wildman–Crippen MR) is 124 cm³/mol. The molecule has 1 aromatic heterocycles. The van der Waals surface area contributed by atoms with Crippen LogP contribution in [0.3, 0.4) is 0 Å². The number of hydrogen-bond acceptors (Lipinski definition) is 3. The average molecular weight is 437 g/mol. The van der Waals surface area contributed by atoms with Gasteiger partial charge in [-0.3, -0.25) is 9.59 Å². The summed E-state index contributed by atoms with van der Waals surface area (Å²) >= 11 is 6.12. The van der Waals surface area contributed by atoms with Crippen LogP contribution in [0.4, 0.5) is 11.4 Å². The van der Waals surface area contributed by atoms with E-state index in [-0.39, 0.29) is 17.9 Å². The molecule has 7 heteroatoms. The Bertz CT molecular complexity index is 1170. The van der Waals surface area contributed by atoms with Crippen molar-refractivity contribution in [3.05, 3.63) is 58.7 Å². The Hall–Kier alpha value is -2.99. The van der Waals surface area contributed by atoms with Crippen molar-refractivity contribution in [3.63, 3.8) is 0 Å². The molecule has 2 aromatic carbocycles. The second-order valence-corrected chi connectivity index (χ2v) is 8.75. The summed E-state index contributed by atoms with van der Waals surface area (Å²) in [5, 5.41) is 4.77. The predicted octanol–water partition coefficient (Wildman–Crippen LogP) is 4.13. The minimum atomic E-state index is -0.137. The summed E-state index contributed by atoms with van der Waals surface area (Å²) in [7, 11) is 1.80. The van der Waals surface area contributed by atoms with E-state index in [1.54, 1.807) is 11.9 Å². The lowest BCUT2D eigenvalue weighted by Gasteiger charge is -2.44. The first-order chi connectivity index (χ1) is 15.0. The zero-order valence-corrected chi connectivity index (χ0v) is 18.2. The molecule has 31 heavy (non-hydrogen) atoms. The Labute approximate surface area is 186 Å². The molecule has 6 nitrogen and oxygen atoms in total. The van der Waals surface area contributed by atoms with Gasteiger partial charge in [0.25, 0.3) is 5.91 Å². The van der Waals surface area contributed by atoms with Gasteiger partial charge in [-0.1, -0.05) is 11.6 Å². The fraction of sp³-hybridized carbons (Fsp3) is 0.333. The molecule has 0 saturated carbocycles. The van der Waals surface area contributed by atoms with Crippen LogP contribution in [0, 0.1) is 0 Å². The summed E-state index contributed by atoms with van der Waals surface area (Å²) in [6, 6.07) is 11.3. The Morgan fingerprint density at radius 1 is 1.19 bits per heavy atom. The highest BCUT2D eigenvalue weighted by atomic mass is 35.5. The van der Waals surface area contributed by atoms with Crippen LogP contribution in [0.2, 0.25) is 5.02 Å². The van der Waals surface area contributed by atoms with Crippen molar-refractivity contribution >= 4 is 45.7 Å². The average Bonchev–Trinajstić information content (AvgIpc) is 3.19. The van der Waals surface area contributed by atoms with Gasteiger partial charge in [-0.2, -0.15) is 0 Å². The SMILES string of the molecule is CN1C(=O)C2CCCCN2c2ccc(C(=O)NCCc3c[nH]c4ccc(Cl)cc34)cc21. The Morgan fingerprint density at radius 2 is 2.06 bits per heavy atom. The lowest BCUT2D eigenvalue weighted by Crippen LogP contribution is -2.54. The maximum atomic E-state index is 12.8. The number of likely N-dealkylation sites (N-methyl/N-ethyl adjacent to an activating group) is 1.